The number of amides is 1. The summed E-state index contributed by atoms with van der Waals surface area (Å²) in [6, 6.07) is 12.8. The Balaban J connectivity index is 1.62. The number of methoxy groups -OCH3 is 1. The molecule has 5 rings (SSSR count). The summed E-state index contributed by atoms with van der Waals surface area (Å²) in [5, 5.41) is 5.37. The molecule has 2 N–H and O–H groups in total. The third kappa shape index (κ3) is 5.61. The van der Waals surface area contributed by atoms with Crippen LogP contribution in [-0.2, 0) is 11.3 Å². The van der Waals surface area contributed by atoms with E-state index in [2.05, 4.69) is 35.6 Å². The standard InChI is InChI=1S/C26H21F3N8O2/c1-14(38)32-21-10-20(17(27)11-30-21)34-25-22-26(36-24(35-25)19-5-3-4-18(33-19)23(28)29)37(13-31-22)12-15-6-8-16(39-2)9-7-15/h3-11,13,23H,12H2,1-2H3,(H2,30,32,34,35,36,38). The Morgan fingerprint density at radius 1 is 1.08 bits per heavy atom. The molecule has 39 heavy (non-hydrogen) atoms. The predicted molar refractivity (Wildman–Crippen MR) is 137 cm³/mol. The van der Waals surface area contributed by atoms with E-state index in [1.165, 1.54) is 31.2 Å². The number of fused-ring (bicyclic) bond motifs is 1. The summed E-state index contributed by atoms with van der Waals surface area (Å²) in [7, 11) is 1.58. The zero-order valence-electron chi connectivity index (χ0n) is 20.7. The third-order valence-electron chi connectivity index (χ3n) is 5.61. The normalized spacial score (nSPS) is 11.1. The fourth-order valence-corrected chi connectivity index (χ4v) is 3.80. The monoisotopic (exact) mass is 534 g/mol. The molecular weight excluding hydrogens is 513 g/mol. The number of halogens is 3. The number of aromatic nitrogens is 6. The second-order valence-electron chi connectivity index (χ2n) is 8.39. The van der Waals surface area contributed by atoms with Gasteiger partial charge in [0, 0.05) is 13.0 Å². The summed E-state index contributed by atoms with van der Waals surface area (Å²) in [4.78, 5) is 32.7. The van der Waals surface area contributed by atoms with Gasteiger partial charge in [-0.3, -0.25) is 4.79 Å². The van der Waals surface area contributed by atoms with E-state index in [9.17, 15) is 18.0 Å². The number of pyridine rings is 2. The highest BCUT2D eigenvalue weighted by atomic mass is 19.3. The second-order valence-corrected chi connectivity index (χ2v) is 8.39. The molecule has 10 nitrogen and oxygen atoms in total. The fraction of sp³-hybridized carbons (Fsp3) is 0.154. The summed E-state index contributed by atoms with van der Waals surface area (Å²) in [6.45, 7) is 1.67. The number of imidazole rings is 1. The Hall–Kier alpha value is -5.07. The van der Waals surface area contributed by atoms with Crippen LogP contribution in [0.2, 0.25) is 0 Å². The molecule has 13 heteroatoms. The predicted octanol–water partition coefficient (Wildman–Crippen LogP) is 5.12. The van der Waals surface area contributed by atoms with Gasteiger partial charge in [-0.1, -0.05) is 18.2 Å². The van der Waals surface area contributed by atoms with E-state index in [1.54, 1.807) is 18.0 Å². The molecule has 0 spiro atoms. The minimum absolute atomic E-state index is 0.0283. The Bertz CT molecular complexity index is 1660. The number of nitrogens with one attached hydrogen (secondary N) is 2. The Morgan fingerprint density at radius 2 is 1.87 bits per heavy atom. The fourth-order valence-electron chi connectivity index (χ4n) is 3.80. The highest BCUT2D eigenvalue weighted by molar-refractivity contribution is 5.89. The first-order chi connectivity index (χ1) is 18.8. The number of alkyl halides is 2. The molecule has 0 aliphatic heterocycles. The summed E-state index contributed by atoms with van der Waals surface area (Å²) < 4.78 is 48.4. The molecule has 198 valence electrons. The summed E-state index contributed by atoms with van der Waals surface area (Å²) >= 11 is 0. The van der Waals surface area contributed by atoms with Crippen LogP contribution < -0.4 is 15.4 Å². The third-order valence-corrected chi connectivity index (χ3v) is 5.61. The van der Waals surface area contributed by atoms with E-state index >= 15 is 0 Å². The number of carbonyl (C=O) groups is 1. The van der Waals surface area contributed by atoms with Crippen molar-refractivity contribution in [3.8, 4) is 17.3 Å². The highest BCUT2D eigenvalue weighted by Crippen LogP contribution is 2.29. The maximum absolute atomic E-state index is 14.7. The number of carbonyl (C=O) groups excluding carboxylic acids is 1. The molecule has 5 aromatic rings. The van der Waals surface area contributed by atoms with Crippen molar-refractivity contribution in [1.82, 2.24) is 29.5 Å². The Labute approximate surface area is 219 Å². The zero-order chi connectivity index (χ0) is 27.5. The van der Waals surface area contributed by atoms with Crippen molar-refractivity contribution in [2.24, 2.45) is 0 Å². The summed E-state index contributed by atoms with van der Waals surface area (Å²) in [5.41, 5.74) is 1.21. The van der Waals surface area contributed by atoms with Crippen LogP contribution in [0, 0.1) is 5.82 Å². The number of ether oxygens (including phenoxy) is 1. The number of rotatable bonds is 8. The van der Waals surface area contributed by atoms with Gasteiger partial charge in [-0.05, 0) is 29.8 Å². The molecule has 0 saturated heterocycles. The van der Waals surface area contributed by atoms with Crippen LogP contribution in [-0.4, -0.2) is 42.5 Å². The minimum Gasteiger partial charge on any atom is -0.497 e. The molecule has 0 bridgehead atoms. The quantitative estimate of drug-likeness (QED) is 0.282. The first-order valence-electron chi connectivity index (χ1n) is 11.6. The molecule has 0 aliphatic rings. The lowest BCUT2D eigenvalue weighted by molar-refractivity contribution is -0.114. The second kappa shape index (κ2) is 10.7. The van der Waals surface area contributed by atoms with Crippen molar-refractivity contribution in [1.29, 1.82) is 0 Å². The van der Waals surface area contributed by atoms with Gasteiger partial charge in [-0.15, -0.1) is 0 Å². The van der Waals surface area contributed by atoms with Crippen molar-refractivity contribution in [2.75, 3.05) is 17.7 Å². The molecule has 4 heterocycles. The van der Waals surface area contributed by atoms with E-state index in [1.807, 2.05) is 24.3 Å². The van der Waals surface area contributed by atoms with Gasteiger partial charge < -0.3 is 19.9 Å². The number of benzene rings is 1. The maximum Gasteiger partial charge on any atom is 0.280 e. The summed E-state index contributed by atoms with van der Waals surface area (Å²) in [5.74, 6) is -0.143. The highest BCUT2D eigenvalue weighted by Gasteiger charge is 2.19. The van der Waals surface area contributed by atoms with Crippen LogP contribution in [0.1, 0.15) is 24.6 Å². The van der Waals surface area contributed by atoms with E-state index in [0.29, 0.717) is 23.5 Å². The largest absolute Gasteiger partial charge is 0.497 e. The number of nitrogens with zero attached hydrogens (tertiary/aromatic N) is 6. The minimum atomic E-state index is -2.79. The van der Waals surface area contributed by atoms with Crippen LogP contribution in [0.25, 0.3) is 22.7 Å². The lowest BCUT2D eigenvalue weighted by Gasteiger charge is -2.12. The molecular formula is C26H21F3N8O2. The first kappa shape index (κ1) is 25.6. The van der Waals surface area contributed by atoms with Crippen molar-refractivity contribution in [3.05, 3.63) is 78.1 Å². The van der Waals surface area contributed by atoms with Crippen LogP contribution in [0.5, 0.6) is 5.75 Å². The molecule has 0 atom stereocenters. The van der Waals surface area contributed by atoms with Crippen LogP contribution in [0.15, 0.2) is 61.1 Å². The summed E-state index contributed by atoms with van der Waals surface area (Å²) in [6.07, 6.45) is -0.291. The molecule has 0 radical (unpaired) electrons. The molecule has 4 aromatic heterocycles. The van der Waals surface area contributed by atoms with Gasteiger partial charge in [-0.25, -0.2) is 38.1 Å². The molecule has 0 unspecified atom stereocenters. The average Bonchev–Trinajstić information content (AvgIpc) is 3.33. The molecule has 1 aromatic carbocycles. The van der Waals surface area contributed by atoms with Gasteiger partial charge in [0.2, 0.25) is 5.91 Å². The van der Waals surface area contributed by atoms with E-state index in [-0.39, 0.29) is 34.7 Å². The first-order valence-corrected chi connectivity index (χ1v) is 11.6. The van der Waals surface area contributed by atoms with Crippen molar-refractivity contribution in [2.45, 2.75) is 19.9 Å². The molecule has 1 amide bonds. The van der Waals surface area contributed by atoms with Crippen molar-refractivity contribution in [3.63, 3.8) is 0 Å². The topological polar surface area (TPSA) is 120 Å². The average molecular weight is 535 g/mol. The van der Waals surface area contributed by atoms with Gasteiger partial charge in [0.15, 0.2) is 28.6 Å². The maximum atomic E-state index is 14.7. The molecule has 0 saturated carbocycles. The number of anilines is 3. The van der Waals surface area contributed by atoms with Crippen LogP contribution in [0.3, 0.4) is 0 Å². The van der Waals surface area contributed by atoms with E-state index in [4.69, 9.17) is 4.74 Å². The van der Waals surface area contributed by atoms with Gasteiger partial charge in [0.25, 0.3) is 6.43 Å². The van der Waals surface area contributed by atoms with E-state index < -0.39 is 17.9 Å². The zero-order valence-corrected chi connectivity index (χ0v) is 20.7. The van der Waals surface area contributed by atoms with Gasteiger partial charge in [0.1, 0.15) is 23.0 Å². The van der Waals surface area contributed by atoms with Gasteiger partial charge in [-0.2, -0.15) is 0 Å². The van der Waals surface area contributed by atoms with Gasteiger partial charge >= 0.3 is 0 Å². The number of hydrogen-bond donors (Lipinski definition) is 2. The van der Waals surface area contributed by atoms with Gasteiger partial charge in [0.05, 0.1) is 31.9 Å². The van der Waals surface area contributed by atoms with Crippen LogP contribution in [0.4, 0.5) is 30.5 Å². The Kier molecular flexibility index (Phi) is 7.04. The Morgan fingerprint density at radius 3 is 2.59 bits per heavy atom. The van der Waals surface area contributed by atoms with E-state index in [0.717, 1.165) is 11.8 Å². The van der Waals surface area contributed by atoms with Crippen LogP contribution >= 0.6 is 0 Å². The SMILES string of the molecule is COc1ccc(Cn2cnc3c(Nc4cc(NC(C)=O)ncc4F)nc(-c4cccc(C(F)F)n4)nc32)cc1. The number of hydrogen-bond acceptors (Lipinski definition) is 8. The molecule has 0 fully saturated rings. The lowest BCUT2D eigenvalue weighted by atomic mass is 10.2. The van der Waals surface area contributed by atoms with Crippen molar-refractivity contribution >= 4 is 34.4 Å². The van der Waals surface area contributed by atoms with Crippen molar-refractivity contribution < 1.29 is 22.7 Å². The lowest BCUT2D eigenvalue weighted by Crippen LogP contribution is -2.09. The smallest absolute Gasteiger partial charge is 0.280 e. The molecule has 0 aliphatic carbocycles.